The summed E-state index contributed by atoms with van der Waals surface area (Å²) in [7, 11) is -4.87. The van der Waals surface area contributed by atoms with Gasteiger partial charge in [0, 0.05) is 19.0 Å². The molecule has 0 unspecified atom stereocenters. The largest absolute Gasteiger partial charge is 1.00 e. The molecule has 3 N–H and O–H groups in total. The molecular formula is C28H28KN3O8S. The van der Waals surface area contributed by atoms with E-state index in [2.05, 4.69) is 16.0 Å². The fourth-order valence-corrected chi connectivity index (χ4v) is 5.06. The van der Waals surface area contributed by atoms with Gasteiger partial charge < -0.3 is 30.0 Å². The molecule has 210 valence electrons. The van der Waals surface area contributed by atoms with Crippen molar-refractivity contribution in [1.82, 2.24) is 16.0 Å². The van der Waals surface area contributed by atoms with E-state index >= 15 is 0 Å². The Morgan fingerprint density at radius 3 is 1.95 bits per heavy atom. The summed E-state index contributed by atoms with van der Waals surface area (Å²) in [5.41, 5.74) is 4.80. The SMILES string of the molecule is O=C(NCCNC(=O)[C@H](CS(=O)(=O)[O-])NC(=O)OCC1c2ccccc2-c2ccccc21)OCc1ccccc1.[K+]. The summed E-state index contributed by atoms with van der Waals surface area (Å²) in [5, 5.41) is 6.99. The zero-order chi connectivity index (χ0) is 28.5. The Kier molecular flexibility index (Phi) is 12.3. The van der Waals surface area contributed by atoms with Gasteiger partial charge in [0.2, 0.25) is 5.91 Å². The van der Waals surface area contributed by atoms with Gasteiger partial charge in [-0.2, -0.15) is 0 Å². The van der Waals surface area contributed by atoms with Crippen LogP contribution in [0.3, 0.4) is 0 Å². The Hall–Kier alpha value is -2.78. The predicted octanol–water partition coefficient (Wildman–Crippen LogP) is -0.514. The molecule has 0 heterocycles. The number of fused-ring (bicyclic) bond motifs is 3. The molecule has 3 aromatic carbocycles. The maximum Gasteiger partial charge on any atom is 1.00 e. The minimum absolute atomic E-state index is 0. The number of benzene rings is 3. The quantitative estimate of drug-likeness (QED) is 0.149. The smallest absolute Gasteiger partial charge is 0.748 e. The van der Waals surface area contributed by atoms with Gasteiger partial charge in [-0.3, -0.25) is 4.79 Å². The summed E-state index contributed by atoms with van der Waals surface area (Å²) in [6.45, 7) is -0.151. The van der Waals surface area contributed by atoms with Crippen LogP contribution >= 0.6 is 0 Å². The normalized spacial score (nSPS) is 12.6. The summed E-state index contributed by atoms with van der Waals surface area (Å²) < 4.78 is 44.5. The number of amides is 3. The second kappa shape index (κ2) is 15.4. The molecule has 1 aliphatic carbocycles. The number of ether oxygens (including phenoxy) is 2. The van der Waals surface area contributed by atoms with Gasteiger partial charge >= 0.3 is 63.6 Å². The molecule has 1 atom stereocenters. The van der Waals surface area contributed by atoms with Crippen LogP contribution in [-0.2, 0) is 31.0 Å². The maximum atomic E-state index is 12.6. The van der Waals surface area contributed by atoms with E-state index < -0.39 is 40.0 Å². The summed E-state index contributed by atoms with van der Waals surface area (Å²) >= 11 is 0. The van der Waals surface area contributed by atoms with Crippen molar-refractivity contribution >= 4 is 28.2 Å². The first-order valence-electron chi connectivity index (χ1n) is 12.5. The zero-order valence-corrected chi connectivity index (χ0v) is 26.3. The maximum absolute atomic E-state index is 12.6. The molecule has 0 radical (unpaired) electrons. The fourth-order valence-electron chi connectivity index (χ4n) is 4.42. The molecule has 4 rings (SSSR count). The summed E-state index contributed by atoms with van der Waals surface area (Å²) in [4.78, 5) is 36.9. The summed E-state index contributed by atoms with van der Waals surface area (Å²) in [6, 6.07) is 22.8. The van der Waals surface area contributed by atoms with Gasteiger partial charge in [0.15, 0.2) is 0 Å². The van der Waals surface area contributed by atoms with E-state index in [1.54, 1.807) is 24.3 Å². The van der Waals surface area contributed by atoms with Crippen molar-refractivity contribution in [2.45, 2.75) is 18.6 Å². The second-order valence-electron chi connectivity index (χ2n) is 9.03. The van der Waals surface area contributed by atoms with Crippen molar-refractivity contribution in [2.75, 3.05) is 25.4 Å². The van der Waals surface area contributed by atoms with Crippen molar-refractivity contribution in [2.24, 2.45) is 0 Å². The third-order valence-corrected chi connectivity index (χ3v) is 6.97. The molecule has 1 aliphatic rings. The van der Waals surface area contributed by atoms with Crippen LogP contribution in [0.15, 0.2) is 78.9 Å². The molecule has 3 aromatic rings. The minimum Gasteiger partial charge on any atom is -0.748 e. The first-order valence-corrected chi connectivity index (χ1v) is 14.1. The van der Waals surface area contributed by atoms with E-state index in [-0.39, 0.29) is 83.6 Å². The van der Waals surface area contributed by atoms with Gasteiger partial charge in [-0.1, -0.05) is 78.9 Å². The van der Waals surface area contributed by atoms with E-state index in [1.165, 1.54) is 0 Å². The second-order valence-corrected chi connectivity index (χ2v) is 10.5. The number of rotatable bonds is 11. The number of hydrogen-bond acceptors (Lipinski definition) is 8. The number of alkyl carbamates (subject to hydrolysis) is 2. The Balaban J connectivity index is 0.00000462. The molecular weight excluding hydrogens is 577 g/mol. The fraction of sp³-hybridized carbons (Fsp3) is 0.250. The van der Waals surface area contributed by atoms with Crippen LogP contribution in [0.25, 0.3) is 11.1 Å². The van der Waals surface area contributed by atoms with E-state index in [0.717, 1.165) is 27.8 Å². The van der Waals surface area contributed by atoms with E-state index in [0.29, 0.717) is 0 Å². The standard InChI is InChI=1S/C28H29N3O8S.K/c32-26(29-14-15-30-27(33)38-16-19-8-2-1-3-9-19)25(18-40(35,36)37)31-28(34)39-17-24-22-12-6-4-10-20(22)21-11-5-7-13-23(21)24;/h1-13,24-25H,14-18H2,(H,29,32)(H,30,33)(H,31,34)(H,35,36,37);/q;+1/p-1/t25-;/m0./s1. The Bertz CT molecular complexity index is 1420. The number of carbonyl (C=O) groups is 3. The van der Waals surface area contributed by atoms with Crippen LogP contribution in [0.5, 0.6) is 0 Å². The van der Waals surface area contributed by atoms with Crippen LogP contribution in [0.2, 0.25) is 0 Å². The first kappa shape index (κ1) is 32.7. The Labute approximate surface area is 280 Å². The third-order valence-electron chi connectivity index (χ3n) is 6.23. The van der Waals surface area contributed by atoms with Crippen LogP contribution in [-0.4, -0.2) is 62.6 Å². The first-order chi connectivity index (χ1) is 19.2. The molecule has 0 saturated heterocycles. The van der Waals surface area contributed by atoms with Gasteiger partial charge in [-0.15, -0.1) is 0 Å². The molecule has 0 aliphatic heterocycles. The van der Waals surface area contributed by atoms with Crippen molar-refractivity contribution in [3.05, 3.63) is 95.6 Å². The van der Waals surface area contributed by atoms with Crippen molar-refractivity contribution in [3.8, 4) is 11.1 Å². The molecule has 0 fully saturated rings. The monoisotopic (exact) mass is 605 g/mol. The van der Waals surface area contributed by atoms with E-state index in [9.17, 15) is 27.4 Å². The van der Waals surface area contributed by atoms with Gasteiger partial charge in [0.1, 0.15) is 19.3 Å². The number of carbonyl (C=O) groups excluding carboxylic acids is 3. The van der Waals surface area contributed by atoms with Gasteiger partial charge in [-0.05, 0) is 27.8 Å². The molecule has 0 aromatic heterocycles. The molecule has 11 nitrogen and oxygen atoms in total. The van der Waals surface area contributed by atoms with Crippen LogP contribution in [0, 0.1) is 0 Å². The zero-order valence-electron chi connectivity index (χ0n) is 22.4. The van der Waals surface area contributed by atoms with E-state index in [1.807, 2.05) is 54.6 Å². The minimum atomic E-state index is -4.87. The topological polar surface area (TPSA) is 163 Å². The van der Waals surface area contributed by atoms with Crippen molar-refractivity contribution in [1.29, 1.82) is 0 Å². The van der Waals surface area contributed by atoms with E-state index in [4.69, 9.17) is 9.47 Å². The molecule has 3 amide bonds. The van der Waals surface area contributed by atoms with Crippen LogP contribution < -0.4 is 67.3 Å². The number of hydrogen-bond donors (Lipinski definition) is 3. The van der Waals surface area contributed by atoms with Gasteiger partial charge in [-0.25, -0.2) is 18.0 Å². The third kappa shape index (κ3) is 9.63. The van der Waals surface area contributed by atoms with Gasteiger partial charge in [0.05, 0.1) is 15.9 Å². The summed E-state index contributed by atoms with van der Waals surface area (Å²) in [6.07, 6.45) is -1.76. The molecule has 0 bridgehead atoms. The molecule has 0 spiro atoms. The van der Waals surface area contributed by atoms with Crippen molar-refractivity contribution < 1.29 is 88.2 Å². The average molecular weight is 606 g/mol. The molecule has 0 saturated carbocycles. The molecule has 13 heteroatoms. The van der Waals surface area contributed by atoms with Crippen LogP contribution in [0.4, 0.5) is 9.59 Å². The Morgan fingerprint density at radius 2 is 1.34 bits per heavy atom. The van der Waals surface area contributed by atoms with Crippen molar-refractivity contribution in [3.63, 3.8) is 0 Å². The summed E-state index contributed by atoms with van der Waals surface area (Å²) in [5.74, 6) is -2.34. The Morgan fingerprint density at radius 1 is 0.780 bits per heavy atom. The molecule has 41 heavy (non-hydrogen) atoms. The van der Waals surface area contributed by atoms with Crippen LogP contribution in [0.1, 0.15) is 22.6 Å². The van der Waals surface area contributed by atoms with Gasteiger partial charge in [0.25, 0.3) is 0 Å². The predicted molar refractivity (Wildman–Crippen MR) is 144 cm³/mol. The number of nitrogens with one attached hydrogen (secondary N) is 3. The average Bonchev–Trinajstić information content (AvgIpc) is 3.26.